The third kappa shape index (κ3) is 23.3. The Morgan fingerprint density at radius 1 is 1.08 bits per heavy atom. The molecule has 0 N–H and O–H groups in total. The molecule has 0 fully saturated rings. The third-order valence-corrected chi connectivity index (χ3v) is 2.44. The van der Waals surface area contributed by atoms with Gasteiger partial charge in [-0.2, -0.15) is 0 Å². The number of carbonyl (C=O) groups is 1. The first-order chi connectivity index (χ1) is 11.1. The van der Waals surface area contributed by atoms with Crippen molar-refractivity contribution in [1.29, 1.82) is 0 Å². The Bertz CT molecular complexity index is 374. The van der Waals surface area contributed by atoms with Crippen LogP contribution in [0.1, 0.15) is 80.7 Å². The van der Waals surface area contributed by atoms with Crippen LogP contribution in [0.5, 0.6) is 0 Å². The summed E-state index contributed by atoms with van der Waals surface area (Å²) in [6, 6.07) is 2.48. The highest BCUT2D eigenvalue weighted by atomic mass is 35.5. The molecule has 1 aromatic carbocycles. The van der Waals surface area contributed by atoms with Crippen molar-refractivity contribution in [3.63, 3.8) is 0 Å². The van der Waals surface area contributed by atoms with Crippen molar-refractivity contribution in [3.05, 3.63) is 34.4 Å². The molecule has 1 rings (SSSR count). The summed E-state index contributed by atoms with van der Waals surface area (Å²) in [6.07, 6.45) is 2.71. The first kappa shape index (κ1) is 30.9. The predicted molar refractivity (Wildman–Crippen MR) is 105 cm³/mol. The minimum absolute atomic E-state index is 0.167. The van der Waals surface area contributed by atoms with Gasteiger partial charge in [-0.05, 0) is 38.3 Å². The fraction of sp³-hybridized carbons (Fsp3) is 0.650. The van der Waals surface area contributed by atoms with Crippen LogP contribution in [0.15, 0.2) is 12.1 Å². The van der Waals surface area contributed by atoms with E-state index >= 15 is 0 Å². The summed E-state index contributed by atoms with van der Waals surface area (Å²) >= 11 is 5.23. The molecule has 144 valence electrons. The van der Waals surface area contributed by atoms with Crippen LogP contribution in [0.2, 0.25) is 5.02 Å². The monoisotopic (exact) mass is 366 g/mol. The minimum atomic E-state index is -0.718. The van der Waals surface area contributed by atoms with E-state index in [1.807, 2.05) is 27.7 Å². The third-order valence-electron chi connectivity index (χ3n) is 2.09. The van der Waals surface area contributed by atoms with Crippen molar-refractivity contribution >= 4 is 17.4 Å². The molecule has 0 aliphatic carbocycles. The molecule has 0 atom stereocenters. The standard InChI is InChI=1S/C7H5ClF2.C6H14.C3H6O.2C2H6/c1-4-2-3-5(9)6(8)7(4)10;1-4-5-6(2)3;1-3(2)4;2*1-2/h2-3H,1H3;6H,4-5H2,1-3H3;1-2H3;2*1-2H3. The average molecular weight is 367 g/mol. The van der Waals surface area contributed by atoms with Gasteiger partial charge < -0.3 is 4.79 Å². The molecule has 0 spiro atoms. The lowest BCUT2D eigenvalue weighted by Crippen LogP contribution is -1.86. The van der Waals surface area contributed by atoms with E-state index in [1.165, 1.54) is 39.7 Å². The molecule has 0 amide bonds. The maximum absolute atomic E-state index is 12.6. The molecule has 0 aliphatic rings. The van der Waals surface area contributed by atoms with E-state index in [2.05, 4.69) is 20.8 Å². The van der Waals surface area contributed by atoms with Gasteiger partial charge in [0, 0.05) is 0 Å². The zero-order valence-electron chi connectivity index (χ0n) is 17.2. The molecule has 0 unspecified atom stereocenters. The number of hydrogen-bond donors (Lipinski definition) is 0. The van der Waals surface area contributed by atoms with E-state index in [4.69, 9.17) is 11.6 Å². The van der Waals surface area contributed by atoms with Crippen LogP contribution in [0.25, 0.3) is 0 Å². The van der Waals surface area contributed by atoms with Crippen molar-refractivity contribution in [2.75, 3.05) is 0 Å². The smallest absolute Gasteiger partial charge is 0.147 e. The molecule has 0 saturated carbocycles. The van der Waals surface area contributed by atoms with Crippen molar-refractivity contribution in [2.24, 2.45) is 5.92 Å². The highest BCUT2D eigenvalue weighted by Gasteiger charge is 2.07. The molecular weight excluding hydrogens is 330 g/mol. The van der Waals surface area contributed by atoms with Gasteiger partial charge in [-0.25, -0.2) is 8.78 Å². The molecule has 24 heavy (non-hydrogen) atoms. The summed E-state index contributed by atoms with van der Waals surface area (Å²) < 4.78 is 25.0. The summed E-state index contributed by atoms with van der Waals surface area (Å²) in [5.41, 5.74) is 0.353. The Morgan fingerprint density at radius 3 is 1.67 bits per heavy atom. The van der Waals surface area contributed by atoms with Crippen LogP contribution in [0.3, 0.4) is 0 Å². The molecule has 0 radical (unpaired) electrons. The van der Waals surface area contributed by atoms with Crippen LogP contribution < -0.4 is 0 Å². The van der Waals surface area contributed by atoms with E-state index in [1.54, 1.807) is 0 Å². The number of benzene rings is 1. The van der Waals surface area contributed by atoms with Gasteiger partial charge in [0.05, 0.1) is 0 Å². The first-order valence-corrected chi connectivity index (χ1v) is 9.08. The lowest BCUT2D eigenvalue weighted by molar-refractivity contribution is -0.114. The van der Waals surface area contributed by atoms with Crippen LogP contribution >= 0.6 is 11.6 Å². The molecule has 1 aromatic rings. The average Bonchev–Trinajstić information content (AvgIpc) is 2.53. The van der Waals surface area contributed by atoms with Crippen molar-refractivity contribution in [2.45, 2.75) is 82.1 Å². The molecule has 0 aromatic heterocycles. The molecular formula is C20H37ClF2O. The van der Waals surface area contributed by atoms with Crippen LogP contribution in [0, 0.1) is 24.5 Å². The quantitative estimate of drug-likeness (QED) is 0.484. The maximum atomic E-state index is 12.6. The number of aryl methyl sites for hydroxylation is 1. The molecule has 1 nitrogen and oxygen atoms in total. The summed E-state index contributed by atoms with van der Waals surface area (Å²) in [7, 11) is 0. The molecule has 0 saturated heterocycles. The number of rotatable bonds is 2. The minimum Gasteiger partial charge on any atom is -0.300 e. The van der Waals surface area contributed by atoms with E-state index < -0.39 is 16.7 Å². The number of carbonyl (C=O) groups excluding carboxylic acids is 1. The van der Waals surface area contributed by atoms with Crippen molar-refractivity contribution < 1.29 is 13.6 Å². The predicted octanol–water partition coefficient (Wildman–Crippen LogP) is 8.02. The van der Waals surface area contributed by atoms with E-state index in [0.717, 1.165) is 12.0 Å². The maximum Gasteiger partial charge on any atom is 0.147 e. The van der Waals surface area contributed by atoms with Gasteiger partial charge in [-0.15, -0.1) is 0 Å². The number of Topliss-reactive ketones (excluding diaryl/α,β-unsaturated/α-hetero) is 1. The van der Waals surface area contributed by atoms with Gasteiger partial charge in [0.1, 0.15) is 22.4 Å². The first-order valence-electron chi connectivity index (χ1n) is 8.70. The summed E-state index contributed by atoms with van der Waals surface area (Å²) in [5.74, 6) is -0.332. The van der Waals surface area contributed by atoms with Crippen LogP contribution in [-0.2, 0) is 4.79 Å². The van der Waals surface area contributed by atoms with E-state index in [9.17, 15) is 13.6 Å². The molecule has 4 heteroatoms. The second kappa shape index (κ2) is 22.0. The topological polar surface area (TPSA) is 17.1 Å². The molecule has 0 bridgehead atoms. The van der Waals surface area contributed by atoms with Gasteiger partial charge in [0.25, 0.3) is 0 Å². The van der Waals surface area contributed by atoms with Crippen molar-refractivity contribution in [1.82, 2.24) is 0 Å². The molecule has 0 heterocycles. The summed E-state index contributed by atoms with van der Waals surface area (Å²) in [5, 5.41) is -0.431. The van der Waals surface area contributed by atoms with Crippen molar-refractivity contribution in [3.8, 4) is 0 Å². The highest BCUT2D eigenvalue weighted by Crippen LogP contribution is 2.20. The Labute approximate surface area is 153 Å². The lowest BCUT2D eigenvalue weighted by atomic mass is 10.1. The normalized spacial score (nSPS) is 8.25. The fourth-order valence-corrected chi connectivity index (χ4v) is 1.41. The van der Waals surface area contributed by atoms with Gasteiger partial charge in [0.15, 0.2) is 0 Å². The second-order valence-electron chi connectivity index (χ2n) is 5.08. The van der Waals surface area contributed by atoms with Crippen LogP contribution in [-0.4, -0.2) is 5.78 Å². The fourth-order valence-electron chi connectivity index (χ4n) is 1.20. The van der Waals surface area contributed by atoms with Gasteiger partial charge in [0.2, 0.25) is 0 Å². The summed E-state index contributed by atoms with van der Waals surface area (Å²) in [6.45, 7) is 19.3. The Hall–Kier alpha value is -0.960. The largest absolute Gasteiger partial charge is 0.300 e. The van der Waals surface area contributed by atoms with Gasteiger partial charge >= 0.3 is 0 Å². The zero-order chi connectivity index (χ0) is 20.3. The SMILES string of the molecule is CC.CC.CC(C)=O.CCCC(C)C.Cc1ccc(F)c(Cl)c1F. The molecule has 0 aliphatic heterocycles. The Morgan fingerprint density at radius 2 is 1.46 bits per heavy atom. The number of ketones is 1. The van der Waals surface area contributed by atoms with Crippen LogP contribution in [0.4, 0.5) is 8.78 Å². The Balaban J connectivity index is -0.000000123. The number of halogens is 3. The second-order valence-corrected chi connectivity index (χ2v) is 5.46. The van der Waals surface area contributed by atoms with E-state index in [0.29, 0.717) is 5.56 Å². The van der Waals surface area contributed by atoms with Gasteiger partial charge in [-0.1, -0.05) is 79.0 Å². The van der Waals surface area contributed by atoms with E-state index in [-0.39, 0.29) is 5.78 Å². The lowest BCUT2D eigenvalue weighted by Gasteiger charge is -1.97. The zero-order valence-corrected chi connectivity index (χ0v) is 17.9. The highest BCUT2D eigenvalue weighted by molar-refractivity contribution is 6.30. The Kier molecular flexibility index (Phi) is 28.4. The summed E-state index contributed by atoms with van der Waals surface area (Å²) in [4.78, 5) is 9.44. The van der Waals surface area contributed by atoms with Gasteiger partial charge in [-0.3, -0.25) is 0 Å². The number of hydrogen-bond acceptors (Lipinski definition) is 1.